The van der Waals surface area contributed by atoms with Crippen molar-refractivity contribution in [3.8, 4) is 11.5 Å². The molecule has 0 aromatic heterocycles. The smallest absolute Gasteiger partial charge is 0.270 e. The molecule has 0 aliphatic heterocycles. The summed E-state index contributed by atoms with van der Waals surface area (Å²) in [6, 6.07) is 10.0. The van der Waals surface area contributed by atoms with Gasteiger partial charge in [-0.05, 0) is 25.1 Å². The number of anilines is 1. The number of amides is 1. The lowest BCUT2D eigenvalue weighted by Gasteiger charge is -2.15. The van der Waals surface area contributed by atoms with Crippen LogP contribution in [0.25, 0.3) is 0 Å². The summed E-state index contributed by atoms with van der Waals surface area (Å²) >= 11 is 0. The Morgan fingerprint density at radius 2 is 2.08 bits per heavy atom. The number of hydrazone groups is 1. The van der Waals surface area contributed by atoms with Gasteiger partial charge in [-0.1, -0.05) is 12.1 Å². The molecule has 2 rings (SSSR count). The van der Waals surface area contributed by atoms with Crippen molar-refractivity contribution < 1.29 is 19.6 Å². The molecular formula is C17H18N4O5. The summed E-state index contributed by atoms with van der Waals surface area (Å²) in [6.07, 6.45) is 1.13. The zero-order valence-electron chi connectivity index (χ0n) is 14.2. The number of benzene rings is 2. The van der Waals surface area contributed by atoms with Gasteiger partial charge >= 0.3 is 0 Å². The van der Waals surface area contributed by atoms with Crippen molar-refractivity contribution in [2.75, 3.05) is 12.4 Å². The van der Waals surface area contributed by atoms with Crippen LogP contribution in [0.1, 0.15) is 12.5 Å². The van der Waals surface area contributed by atoms with E-state index in [0.717, 1.165) is 12.3 Å². The number of nitro groups is 1. The van der Waals surface area contributed by atoms with Crippen molar-refractivity contribution in [3.63, 3.8) is 0 Å². The third kappa shape index (κ3) is 4.69. The highest BCUT2D eigenvalue weighted by molar-refractivity contribution is 5.88. The molecule has 2 aromatic carbocycles. The number of non-ortho nitro benzene ring substituents is 1. The second kappa shape index (κ2) is 8.47. The van der Waals surface area contributed by atoms with Crippen LogP contribution in [-0.2, 0) is 4.79 Å². The number of hydrogen-bond acceptors (Lipinski definition) is 7. The zero-order valence-corrected chi connectivity index (χ0v) is 14.2. The van der Waals surface area contributed by atoms with Crippen LogP contribution in [0.4, 0.5) is 11.4 Å². The molecule has 136 valence electrons. The summed E-state index contributed by atoms with van der Waals surface area (Å²) in [5.74, 6) is -0.0250. The number of rotatable bonds is 7. The molecule has 9 heteroatoms. The monoisotopic (exact) mass is 358 g/mol. The normalized spacial score (nSPS) is 11.8. The Bertz CT molecular complexity index is 838. The number of nitrogens with one attached hydrogen (secondary N) is 2. The molecule has 0 heterocycles. The number of ether oxygens (including phenoxy) is 1. The summed E-state index contributed by atoms with van der Waals surface area (Å²) in [5.41, 5.74) is 2.88. The number of aromatic hydroxyl groups is 1. The van der Waals surface area contributed by atoms with Crippen LogP contribution in [-0.4, -0.2) is 35.3 Å². The molecule has 1 amide bonds. The molecule has 3 N–H and O–H groups in total. The van der Waals surface area contributed by atoms with Crippen molar-refractivity contribution in [2.45, 2.75) is 13.0 Å². The van der Waals surface area contributed by atoms with E-state index in [0.29, 0.717) is 11.4 Å². The maximum atomic E-state index is 12.1. The largest absolute Gasteiger partial charge is 0.507 e. The van der Waals surface area contributed by atoms with Gasteiger partial charge in [0.1, 0.15) is 17.5 Å². The Balaban J connectivity index is 2.00. The topological polar surface area (TPSA) is 126 Å². The molecular weight excluding hydrogens is 340 g/mol. The van der Waals surface area contributed by atoms with Gasteiger partial charge in [0.15, 0.2) is 0 Å². The van der Waals surface area contributed by atoms with E-state index >= 15 is 0 Å². The number of phenols is 1. The third-order valence-electron chi connectivity index (χ3n) is 3.47. The van der Waals surface area contributed by atoms with Gasteiger partial charge in [-0.3, -0.25) is 14.9 Å². The Morgan fingerprint density at radius 1 is 1.35 bits per heavy atom. The van der Waals surface area contributed by atoms with E-state index in [1.165, 1.54) is 19.2 Å². The number of para-hydroxylation sites is 2. The van der Waals surface area contributed by atoms with E-state index in [4.69, 9.17) is 4.74 Å². The number of nitro benzene ring substituents is 1. The van der Waals surface area contributed by atoms with Crippen molar-refractivity contribution in [3.05, 3.63) is 58.1 Å². The number of carbonyl (C=O) groups is 1. The highest BCUT2D eigenvalue weighted by Gasteiger charge is 2.14. The van der Waals surface area contributed by atoms with E-state index in [1.807, 2.05) is 6.07 Å². The molecule has 0 radical (unpaired) electrons. The molecule has 0 spiro atoms. The van der Waals surface area contributed by atoms with Gasteiger partial charge in [0.05, 0.1) is 23.9 Å². The maximum Gasteiger partial charge on any atom is 0.270 e. The van der Waals surface area contributed by atoms with Gasteiger partial charge in [-0.15, -0.1) is 0 Å². The summed E-state index contributed by atoms with van der Waals surface area (Å²) in [7, 11) is 1.53. The molecule has 0 aliphatic rings. The Hall–Kier alpha value is -3.62. The second-order valence-corrected chi connectivity index (χ2v) is 5.30. The Labute approximate surface area is 149 Å². The molecule has 0 fully saturated rings. The summed E-state index contributed by atoms with van der Waals surface area (Å²) < 4.78 is 5.20. The molecule has 1 atom stereocenters. The first kappa shape index (κ1) is 18.7. The molecule has 0 saturated carbocycles. The lowest BCUT2D eigenvalue weighted by molar-refractivity contribution is -0.384. The maximum absolute atomic E-state index is 12.1. The van der Waals surface area contributed by atoms with Crippen LogP contribution in [0.3, 0.4) is 0 Å². The SMILES string of the molecule is COc1ccccc1N[C@@H](C)C(=O)N/N=C\c1cc([N+](=O)[O-])ccc1O. The van der Waals surface area contributed by atoms with Gasteiger partial charge in [0, 0.05) is 17.7 Å². The first-order valence-corrected chi connectivity index (χ1v) is 7.62. The number of hydrogen-bond donors (Lipinski definition) is 3. The number of nitrogens with zero attached hydrogens (tertiary/aromatic N) is 2. The van der Waals surface area contributed by atoms with Crippen molar-refractivity contribution in [1.82, 2.24) is 5.43 Å². The Kier molecular flexibility index (Phi) is 6.10. The fourth-order valence-corrected chi connectivity index (χ4v) is 2.08. The molecule has 0 saturated heterocycles. The number of phenolic OH excluding ortho intramolecular Hbond substituents is 1. The van der Waals surface area contributed by atoms with Crippen molar-refractivity contribution in [2.24, 2.45) is 5.10 Å². The lowest BCUT2D eigenvalue weighted by Crippen LogP contribution is -2.35. The number of carbonyl (C=O) groups excluding carboxylic acids is 1. The fraction of sp³-hybridized carbons (Fsp3) is 0.176. The zero-order chi connectivity index (χ0) is 19.1. The summed E-state index contributed by atoms with van der Waals surface area (Å²) in [5, 5.41) is 27.2. The van der Waals surface area contributed by atoms with Crippen LogP contribution in [0.15, 0.2) is 47.6 Å². The van der Waals surface area contributed by atoms with Crippen LogP contribution >= 0.6 is 0 Å². The van der Waals surface area contributed by atoms with Gasteiger partial charge in [-0.2, -0.15) is 5.10 Å². The Morgan fingerprint density at radius 3 is 2.77 bits per heavy atom. The van der Waals surface area contributed by atoms with Gasteiger partial charge < -0.3 is 15.2 Å². The fourth-order valence-electron chi connectivity index (χ4n) is 2.08. The predicted molar refractivity (Wildman–Crippen MR) is 96.6 cm³/mol. The average molecular weight is 358 g/mol. The summed E-state index contributed by atoms with van der Waals surface area (Å²) in [6.45, 7) is 1.64. The minimum atomic E-state index is -0.623. The number of methoxy groups -OCH3 is 1. The predicted octanol–water partition coefficient (Wildman–Crippen LogP) is 2.26. The first-order valence-electron chi connectivity index (χ1n) is 7.62. The van der Waals surface area contributed by atoms with E-state index < -0.39 is 16.9 Å². The van der Waals surface area contributed by atoms with Crippen molar-refractivity contribution in [1.29, 1.82) is 0 Å². The van der Waals surface area contributed by atoms with Crippen LogP contribution < -0.4 is 15.5 Å². The minimum Gasteiger partial charge on any atom is -0.507 e. The highest BCUT2D eigenvalue weighted by Crippen LogP contribution is 2.24. The lowest BCUT2D eigenvalue weighted by atomic mass is 10.2. The standard InChI is InChI=1S/C17H18N4O5/c1-11(19-14-5-3-4-6-16(14)26-2)17(23)20-18-10-12-9-13(21(24)25)7-8-15(12)22/h3-11,19,22H,1-2H3,(H,20,23)/b18-10-/t11-/m0/s1. The van der Waals surface area contributed by atoms with E-state index in [2.05, 4.69) is 15.8 Å². The van der Waals surface area contributed by atoms with Gasteiger partial charge in [0.25, 0.3) is 11.6 Å². The minimum absolute atomic E-state index is 0.116. The van der Waals surface area contributed by atoms with E-state index in [1.54, 1.807) is 25.1 Å². The molecule has 0 bridgehead atoms. The third-order valence-corrected chi connectivity index (χ3v) is 3.47. The van der Waals surface area contributed by atoms with E-state index in [9.17, 15) is 20.0 Å². The molecule has 2 aromatic rings. The van der Waals surface area contributed by atoms with E-state index in [-0.39, 0.29) is 17.0 Å². The van der Waals surface area contributed by atoms with Crippen molar-refractivity contribution >= 4 is 23.5 Å². The first-order chi connectivity index (χ1) is 12.4. The summed E-state index contributed by atoms with van der Waals surface area (Å²) in [4.78, 5) is 22.3. The molecule has 0 unspecified atom stereocenters. The molecule has 9 nitrogen and oxygen atoms in total. The van der Waals surface area contributed by atoms with Crippen LogP contribution in [0.2, 0.25) is 0 Å². The quantitative estimate of drug-likeness (QED) is 0.396. The van der Waals surface area contributed by atoms with Gasteiger partial charge in [-0.25, -0.2) is 5.43 Å². The van der Waals surface area contributed by atoms with Gasteiger partial charge in [0.2, 0.25) is 0 Å². The van der Waals surface area contributed by atoms with Crippen LogP contribution in [0, 0.1) is 10.1 Å². The highest BCUT2D eigenvalue weighted by atomic mass is 16.6. The van der Waals surface area contributed by atoms with Crippen LogP contribution in [0.5, 0.6) is 11.5 Å². The molecule has 26 heavy (non-hydrogen) atoms. The molecule has 0 aliphatic carbocycles. The average Bonchev–Trinajstić information content (AvgIpc) is 2.63. The second-order valence-electron chi connectivity index (χ2n) is 5.30.